The zero-order valence-electron chi connectivity index (χ0n) is 14.2. The normalized spacial score (nSPS) is 12.7. The Kier molecular flexibility index (Phi) is 4.06. The Bertz CT molecular complexity index is 998. The molecule has 0 nitrogen and oxygen atoms in total. The first-order valence-electron chi connectivity index (χ1n) is 8.57. The summed E-state index contributed by atoms with van der Waals surface area (Å²) in [6.07, 6.45) is 2.48. The maximum absolute atomic E-state index is 14.7. The predicted molar refractivity (Wildman–Crippen MR) is 93.9 cm³/mol. The molecule has 0 amide bonds. The lowest BCUT2D eigenvalue weighted by atomic mass is 9.83. The number of halogens is 4. The van der Waals surface area contributed by atoms with Crippen LogP contribution in [0.5, 0.6) is 0 Å². The van der Waals surface area contributed by atoms with Crippen LogP contribution in [0.2, 0.25) is 0 Å². The van der Waals surface area contributed by atoms with Crippen LogP contribution in [0, 0.1) is 23.3 Å². The zero-order chi connectivity index (χ0) is 18.4. The van der Waals surface area contributed by atoms with Gasteiger partial charge in [0.25, 0.3) is 0 Å². The highest BCUT2D eigenvalue weighted by molar-refractivity contribution is 5.78. The second-order valence-electron chi connectivity index (χ2n) is 6.59. The van der Waals surface area contributed by atoms with Gasteiger partial charge in [-0.3, -0.25) is 0 Å². The summed E-state index contributed by atoms with van der Waals surface area (Å²) >= 11 is 0. The standard InChI is InChI=1S/C22H16F4/c1-2-12-3-6-16-13(7-12)4-5-14-8-18(19(23)11-17(14)16)15-9-20(24)22(26)21(25)10-15/h3,6-11H,2,4-5H2,1H3. The molecule has 0 saturated heterocycles. The SMILES string of the molecule is CCc1ccc2c(c1)CCc1cc(-c3cc(F)c(F)c(F)c3)c(F)cc1-2. The molecule has 3 aromatic rings. The maximum Gasteiger partial charge on any atom is 0.194 e. The molecule has 0 heterocycles. The van der Waals surface area contributed by atoms with Crippen LogP contribution in [0.25, 0.3) is 22.3 Å². The number of hydrogen-bond acceptors (Lipinski definition) is 0. The molecule has 0 spiro atoms. The van der Waals surface area contributed by atoms with Gasteiger partial charge in [-0.15, -0.1) is 0 Å². The first kappa shape index (κ1) is 16.8. The molecular weight excluding hydrogens is 340 g/mol. The molecule has 1 aliphatic carbocycles. The van der Waals surface area contributed by atoms with Crippen molar-refractivity contribution >= 4 is 0 Å². The van der Waals surface area contributed by atoms with Crippen LogP contribution >= 0.6 is 0 Å². The van der Waals surface area contributed by atoms with Gasteiger partial charge in [0.1, 0.15) is 5.82 Å². The van der Waals surface area contributed by atoms with E-state index in [9.17, 15) is 17.6 Å². The van der Waals surface area contributed by atoms with Crippen LogP contribution in [-0.4, -0.2) is 0 Å². The fraction of sp³-hybridized carbons (Fsp3) is 0.182. The summed E-state index contributed by atoms with van der Waals surface area (Å²) < 4.78 is 55.0. The quantitative estimate of drug-likeness (QED) is 0.377. The van der Waals surface area contributed by atoms with E-state index in [1.165, 1.54) is 17.2 Å². The topological polar surface area (TPSA) is 0 Å². The average molecular weight is 356 g/mol. The summed E-state index contributed by atoms with van der Waals surface area (Å²) in [6.45, 7) is 2.09. The largest absolute Gasteiger partial charge is 0.206 e. The molecule has 0 radical (unpaired) electrons. The third kappa shape index (κ3) is 2.70. The Balaban J connectivity index is 1.85. The summed E-state index contributed by atoms with van der Waals surface area (Å²) in [5, 5.41) is 0. The predicted octanol–water partition coefficient (Wildman–Crippen LogP) is 6.24. The lowest BCUT2D eigenvalue weighted by molar-refractivity contribution is 0.447. The van der Waals surface area contributed by atoms with E-state index in [4.69, 9.17) is 0 Å². The smallest absolute Gasteiger partial charge is 0.194 e. The number of hydrogen-bond donors (Lipinski definition) is 0. The van der Waals surface area contributed by atoms with Crippen molar-refractivity contribution in [1.82, 2.24) is 0 Å². The summed E-state index contributed by atoms with van der Waals surface area (Å²) in [5.41, 5.74) is 5.21. The molecule has 0 saturated carbocycles. The minimum atomic E-state index is -1.55. The Morgan fingerprint density at radius 3 is 2.00 bits per heavy atom. The minimum Gasteiger partial charge on any atom is -0.206 e. The fourth-order valence-electron chi connectivity index (χ4n) is 3.61. The summed E-state index contributed by atoms with van der Waals surface area (Å²) in [6, 6.07) is 10.9. The van der Waals surface area contributed by atoms with Gasteiger partial charge in [0.05, 0.1) is 0 Å². The van der Waals surface area contributed by atoms with Crippen molar-refractivity contribution in [1.29, 1.82) is 0 Å². The summed E-state index contributed by atoms with van der Waals surface area (Å²) in [4.78, 5) is 0. The monoisotopic (exact) mass is 356 g/mol. The van der Waals surface area contributed by atoms with E-state index in [1.54, 1.807) is 6.07 Å². The van der Waals surface area contributed by atoms with Crippen molar-refractivity contribution in [3.05, 3.63) is 82.4 Å². The van der Waals surface area contributed by atoms with Crippen molar-refractivity contribution in [2.24, 2.45) is 0 Å². The average Bonchev–Trinajstić information content (AvgIpc) is 2.64. The van der Waals surface area contributed by atoms with Crippen LogP contribution < -0.4 is 0 Å². The van der Waals surface area contributed by atoms with Gasteiger partial charge in [-0.2, -0.15) is 0 Å². The lowest BCUT2D eigenvalue weighted by Crippen LogP contribution is -2.06. The van der Waals surface area contributed by atoms with Crippen molar-refractivity contribution in [2.45, 2.75) is 26.2 Å². The molecule has 0 bridgehead atoms. The first-order chi connectivity index (χ1) is 12.5. The van der Waals surface area contributed by atoms with E-state index >= 15 is 0 Å². The van der Waals surface area contributed by atoms with Gasteiger partial charge in [0.15, 0.2) is 17.5 Å². The number of fused-ring (bicyclic) bond motifs is 3. The molecule has 0 aromatic heterocycles. The molecule has 3 aromatic carbocycles. The van der Waals surface area contributed by atoms with Crippen molar-refractivity contribution in [3.8, 4) is 22.3 Å². The van der Waals surface area contributed by atoms with Crippen LogP contribution in [0.15, 0.2) is 42.5 Å². The molecule has 26 heavy (non-hydrogen) atoms. The summed E-state index contributed by atoms with van der Waals surface area (Å²) in [7, 11) is 0. The molecular formula is C22H16F4. The van der Waals surface area contributed by atoms with Crippen molar-refractivity contribution < 1.29 is 17.6 Å². The van der Waals surface area contributed by atoms with Gasteiger partial charge < -0.3 is 0 Å². The van der Waals surface area contributed by atoms with Crippen LogP contribution in [0.1, 0.15) is 23.6 Å². The molecule has 1 aliphatic rings. The van der Waals surface area contributed by atoms with Gasteiger partial charge in [-0.25, -0.2) is 17.6 Å². The van der Waals surface area contributed by atoms with Gasteiger partial charge >= 0.3 is 0 Å². The van der Waals surface area contributed by atoms with Crippen molar-refractivity contribution in [2.75, 3.05) is 0 Å². The van der Waals surface area contributed by atoms with E-state index in [1.807, 2.05) is 12.1 Å². The first-order valence-corrected chi connectivity index (χ1v) is 8.57. The third-order valence-electron chi connectivity index (χ3n) is 5.02. The van der Waals surface area contributed by atoms with Crippen LogP contribution in [0.3, 0.4) is 0 Å². The van der Waals surface area contributed by atoms with Gasteiger partial charge in [-0.05, 0) is 76.9 Å². The summed E-state index contributed by atoms with van der Waals surface area (Å²) in [5.74, 6) is -4.78. The number of benzene rings is 3. The molecule has 0 aliphatic heterocycles. The Labute approximate surface area is 149 Å². The van der Waals surface area contributed by atoms with E-state index in [2.05, 4.69) is 13.0 Å². The van der Waals surface area contributed by atoms with Crippen molar-refractivity contribution in [3.63, 3.8) is 0 Å². The van der Waals surface area contributed by atoms with Crippen LogP contribution in [-0.2, 0) is 19.3 Å². The lowest BCUT2D eigenvalue weighted by Gasteiger charge is -2.22. The molecule has 0 fully saturated rings. The maximum atomic E-state index is 14.7. The second-order valence-corrected chi connectivity index (χ2v) is 6.59. The van der Waals surface area contributed by atoms with Gasteiger partial charge in [0.2, 0.25) is 0 Å². The Morgan fingerprint density at radius 2 is 1.35 bits per heavy atom. The number of aryl methyl sites for hydroxylation is 3. The highest BCUT2D eigenvalue weighted by Gasteiger charge is 2.21. The zero-order valence-corrected chi connectivity index (χ0v) is 14.2. The van der Waals surface area contributed by atoms with E-state index in [0.29, 0.717) is 0 Å². The number of rotatable bonds is 2. The molecule has 4 heteroatoms. The van der Waals surface area contributed by atoms with E-state index in [0.717, 1.165) is 48.1 Å². The third-order valence-corrected chi connectivity index (χ3v) is 5.02. The highest BCUT2D eigenvalue weighted by Crippen LogP contribution is 2.38. The highest BCUT2D eigenvalue weighted by atomic mass is 19.2. The van der Waals surface area contributed by atoms with Gasteiger partial charge in [0, 0.05) is 5.56 Å². The molecule has 0 N–H and O–H groups in total. The molecule has 0 atom stereocenters. The molecule has 132 valence electrons. The Morgan fingerprint density at radius 1 is 0.692 bits per heavy atom. The fourth-order valence-corrected chi connectivity index (χ4v) is 3.61. The van der Waals surface area contributed by atoms with E-state index in [-0.39, 0.29) is 11.1 Å². The Hall–Kier alpha value is -2.62. The van der Waals surface area contributed by atoms with Crippen LogP contribution in [0.4, 0.5) is 17.6 Å². The van der Waals surface area contributed by atoms with E-state index < -0.39 is 23.3 Å². The van der Waals surface area contributed by atoms with Gasteiger partial charge in [-0.1, -0.05) is 25.1 Å². The second kappa shape index (κ2) is 6.27. The molecule has 0 unspecified atom stereocenters. The molecule has 4 rings (SSSR count). The minimum absolute atomic E-state index is 0.00571.